The normalized spacial score (nSPS) is 26.6. The van der Waals surface area contributed by atoms with Crippen molar-refractivity contribution in [1.82, 2.24) is 9.80 Å². The van der Waals surface area contributed by atoms with Crippen LogP contribution < -0.4 is 0 Å². The van der Waals surface area contributed by atoms with Crippen molar-refractivity contribution in [2.24, 2.45) is 5.92 Å². The molecular formula is C17H24N2O. The van der Waals surface area contributed by atoms with Crippen molar-refractivity contribution in [1.29, 1.82) is 0 Å². The number of carbonyl (C=O) groups excluding carboxylic acids is 1. The summed E-state index contributed by atoms with van der Waals surface area (Å²) in [4.78, 5) is 17.1. The van der Waals surface area contributed by atoms with Gasteiger partial charge in [0.2, 0.25) is 5.91 Å². The van der Waals surface area contributed by atoms with Crippen LogP contribution >= 0.6 is 0 Å². The van der Waals surface area contributed by atoms with Crippen molar-refractivity contribution < 1.29 is 4.79 Å². The predicted molar refractivity (Wildman–Crippen MR) is 80.6 cm³/mol. The number of piperazine rings is 1. The summed E-state index contributed by atoms with van der Waals surface area (Å²) in [6, 6.07) is 10.5. The highest BCUT2D eigenvalue weighted by atomic mass is 16.2. The summed E-state index contributed by atoms with van der Waals surface area (Å²) < 4.78 is 0. The van der Waals surface area contributed by atoms with E-state index in [9.17, 15) is 4.79 Å². The minimum absolute atomic E-state index is 0.245. The van der Waals surface area contributed by atoms with Crippen molar-refractivity contribution in [2.75, 3.05) is 32.7 Å². The first-order chi connectivity index (χ1) is 9.79. The van der Waals surface area contributed by atoms with Crippen LogP contribution in [0.5, 0.6) is 0 Å². The van der Waals surface area contributed by atoms with E-state index in [1.165, 1.54) is 12.0 Å². The molecule has 1 aliphatic carbocycles. The zero-order valence-corrected chi connectivity index (χ0v) is 12.3. The third-order valence-electron chi connectivity index (χ3n) is 4.56. The molecule has 0 bridgehead atoms. The molecule has 2 atom stereocenters. The summed E-state index contributed by atoms with van der Waals surface area (Å²) in [5.41, 5.74) is 1.33. The Hall–Kier alpha value is -1.35. The second-order valence-electron chi connectivity index (χ2n) is 6.03. The Morgan fingerprint density at radius 2 is 1.85 bits per heavy atom. The highest BCUT2D eigenvalue weighted by molar-refractivity contribution is 5.83. The van der Waals surface area contributed by atoms with Gasteiger partial charge in [0.1, 0.15) is 0 Å². The molecule has 108 valence electrons. The molecule has 2 fully saturated rings. The van der Waals surface area contributed by atoms with E-state index in [1.807, 2.05) is 6.07 Å². The molecule has 0 N–H and O–H groups in total. The van der Waals surface area contributed by atoms with E-state index in [-0.39, 0.29) is 5.92 Å². The van der Waals surface area contributed by atoms with Gasteiger partial charge in [0.05, 0.1) is 0 Å². The molecule has 1 heterocycles. The molecule has 1 aromatic rings. The maximum absolute atomic E-state index is 12.5. The van der Waals surface area contributed by atoms with E-state index < -0.39 is 0 Å². The smallest absolute Gasteiger partial charge is 0.226 e. The van der Waals surface area contributed by atoms with Gasteiger partial charge in [-0.1, -0.05) is 37.3 Å². The van der Waals surface area contributed by atoms with Crippen LogP contribution in [0.25, 0.3) is 0 Å². The molecule has 0 radical (unpaired) electrons. The van der Waals surface area contributed by atoms with Crippen LogP contribution in [-0.4, -0.2) is 48.4 Å². The first kappa shape index (κ1) is 13.6. The topological polar surface area (TPSA) is 23.6 Å². The second-order valence-corrected chi connectivity index (χ2v) is 6.03. The zero-order valence-electron chi connectivity index (χ0n) is 12.3. The van der Waals surface area contributed by atoms with Gasteiger partial charge in [-0.15, -0.1) is 0 Å². The fourth-order valence-corrected chi connectivity index (χ4v) is 3.28. The maximum atomic E-state index is 12.5. The summed E-state index contributed by atoms with van der Waals surface area (Å²) in [5.74, 6) is 1.10. The number of rotatable bonds is 4. The quantitative estimate of drug-likeness (QED) is 0.840. The number of amides is 1. The highest BCUT2D eigenvalue weighted by Crippen LogP contribution is 2.48. The van der Waals surface area contributed by atoms with Crippen molar-refractivity contribution in [3.63, 3.8) is 0 Å². The Labute approximate surface area is 121 Å². The van der Waals surface area contributed by atoms with E-state index in [0.29, 0.717) is 11.8 Å². The molecule has 0 spiro atoms. The van der Waals surface area contributed by atoms with Crippen molar-refractivity contribution in [2.45, 2.75) is 25.7 Å². The minimum atomic E-state index is 0.245. The van der Waals surface area contributed by atoms with Crippen LogP contribution in [0.4, 0.5) is 0 Å². The lowest BCUT2D eigenvalue weighted by molar-refractivity contribution is -0.134. The first-order valence-corrected chi connectivity index (χ1v) is 7.85. The Kier molecular flexibility index (Phi) is 4.06. The van der Waals surface area contributed by atoms with Gasteiger partial charge >= 0.3 is 0 Å². The highest BCUT2D eigenvalue weighted by Gasteiger charge is 2.45. The molecule has 0 aromatic heterocycles. The average Bonchev–Trinajstić information content (AvgIpc) is 3.29. The van der Waals surface area contributed by atoms with E-state index >= 15 is 0 Å². The molecule has 3 rings (SSSR count). The van der Waals surface area contributed by atoms with Crippen molar-refractivity contribution in [3.8, 4) is 0 Å². The van der Waals surface area contributed by atoms with E-state index in [2.05, 4.69) is 41.0 Å². The average molecular weight is 272 g/mol. The van der Waals surface area contributed by atoms with E-state index in [0.717, 1.165) is 39.1 Å². The Bertz CT molecular complexity index is 451. The fraction of sp³-hybridized carbons (Fsp3) is 0.588. The van der Waals surface area contributed by atoms with Gasteiger partial charge in [-0.2, -0.15) is 0 Å². The van der Waals surface area contributed by atoms with Crippen LogP contribution in [-0.2, 0) is 4.79 Å². The second kappa shape index (κ2) is 5.96. The van der Waals surface area contributed by atoms with Crippen LogP contribution in [0.15, 0.2) is 30.3 Å². The maximum Gasteiger partial charge on any atom is 0.226 e. The Morgan fingerprint density at radius 3 is 2.50 bits per heavy atom. The first-order valence-electron chi connectivity index (χ1n) is 7.85. The summed E-state index contributed by atoms with van der Waals surface area (Å²) >= 11 is 0. The molecule has 1 saturated heterocycles. The minimum Gasteiger partial charge on any atom is -0.340 e. The van der Waals surface area contributed by atoms with Gasteiger partial charge in [0.25, 0.3) is 0 Å². The van der Waals surface area contributed by atoms with E-state index in [1.54, 1.807) is 0 Å². The van der Waals surface area contributed by atoms with Crippen LogP contribution in [0.2, 0.25) is 0 Å². The number of hydrogen-bond donors (Lipinski definition) is 0. The van der Waals surface area contributed by atoms with Crippen LogP contribution in [0.3, 0.4) is 0 Å². The Balaban J connectivity index is 1.52. The SMILES string of the molecule is CCCN1CCN(C(=O)[C@H]2C[C@@H]2c2ccccc2)CC1. The molecule has 2 aliphatic rings. The summed E-state index contributed by atoms with van der Waals surface area (Å²) in [6.45, 7) is 7.29. The lowest BCUT2D eigenvalue weighted by Crippen LogP contribution is -2.49. The molecule has 3 nitrogen and oxygen atoms in total. The molecule has 1 saturated carbocycles. The van der Waals surface area contributed by atoms with Gasteiger partial charge in [-0.25, -0.2) is 0 Å². The summed E-state index contributed by atoms with van der Waals surface area (Å²) in [6.07, 6.45) is 2.24. The molecular weight excluding hydrogens is 248 g/mol. The van der Waals surface area contributed by atoms with E-state index in [4.69, 9.17) is 0 Å². The molecule has 3 heteroatoms. The molecule has 20 heavy (non-hydrogen) atoms. The lowest BCUT2D eigenvalue weighted by Gasteiger charge is -2.34. The third kappa shape index (κ3) is 2.88. The number of nitrogens with zero attached hydrogens (tertiary/aromatic N) is 2. The van der Waals surface area contributed by atoms with Crippen LogP contribution in [0.1, 0.15) is 31.2 Å². The Morgan fingerprint density at radius 1 is 1.15 bits per heavy atom. The van der Waals surface area contributed by atoms with Gasteiger partial charge in [-0.3, -0.25) is 9.69 Å². The monoisotopic (exact) mass is 272 g/mol. The number of benzene rings is 1. The van der Waals surface area contributed by atoms with Crippen LogP contribution in [0, 0.1) is 5.92 Å². The summed E-state index contributed by atoms with van der Waals surface area (Å²) in [7, 11) is 0. The third-order valence-corrected chi connectivity index (χ3v) is 4.56. The van der Waals surface area contributed by atoms with Gasteiger partial charge in [0.15, 0.2) is 0 Å². The zero-order chi connectivity index (χ0) is 13.9. The summed E-state index contributed by atoms with van der Waals surface area (Å²) in [5, 5.41) is 0. The van der Waals surface area contributed by atoms with Gasteiger partial charge in [-0.05, 0) is 30.9 Å². The van der Waals surface area contributed by atoms with Crippen molar-refractivity contribution in [3.05, 3.63) is 35.9 Å². The van der Waals surface area contributed by atoms with Crippen molar-refractivity contribution >= 4 is 5.91 Å². The molecule has 0 unspecified atom stereocenters. The lowest BCUT2D eigenvalue weighted by atomic mass is 10.1. The fourth-order valence-electron chi connectivity index (χ4n) is 3.28. The molecule has 1 amide bonds. The number of carbonyl (C=O) groups is 1. The van der Waals surface area contributed by atoms with Gasteiger partial charge < -0.3 is 4.90 Å². The largest absolute Gasteiger partial charge is 0.340 e. The van der Waals surface area contributed by atoms with Gasteiger partial charge in [0, 0.05) is 32.1 Å². The standard InChI is InChI=1S/C17H24N2O/c1-2-8-18-9-11-19(12-10-18)17(20)16-13-15(16)14-6-4-3-5-7-14/h3-7,15-16H,2,8-13H2,1H3/t15-,16+/m1/s1. The molecule has 1 aliphatic heterocycles. The predicted octanol–water partition coefficient (Wildman–Crippen LogP) is 2.34. The number of hydrogen-bond acceptors (Lipinski definition) is 2. The molecule has 1 aromatic carbocycles.